The molecule has 1 amide bonds. The highest BCUT2D eigenvalue weighted by Gasteiger charge is 2.40. The van der Waals surface area contributed by atoms with E-state index >= 15 is 0 Å². The molecule has 1 aliphatic carbocycles. The number of nitrogens with zero attached hydrogens (tertiary/aromatic N) is 3. The summed E-state index contributed by atoms with van der Waals surface area (Å²) in [6.45, 7) is 5.85. The van der Waals surface area contributed by atoms with E-state index in [9.17, 15) is 9.59 Å². The predicted molar refractivity (Wildman–Crippen MR) is 89.0 cm³/mol. The van der Waals surface area contributed by atoms with Crippen LogP contribution >= 0.6 is 0 Å². The lowest BCUT2D eigenvalue weighted by Gasteiger charge is -2.41. The number of aliphatic carboxylic acids is 1. The first kappa shape index (κ1) is 16.4. The van der Waals surface area contributed by atoms with E-state index in [4.69, 9.17) is 5.11 Å². The van der Waals surface area contributed by atoms with E-state index < -0.39 is 11.5 Å². The molecule has 0 saturated heterocycles. The van der Waals surface area contributed by atoms with Gasteiger partial charge in [-0.25, -0.2) is 9.67 Å². The van der Waals surface area contributed by atoms with Crippen molar-refractivity contribution in [1.29, 1.82) is 0 Å². The zero-order valence-corrected chi connectivity index (χ0v) is 14.2. The lowest BCUT2D eigenvalue weighted by Crippen LogP contribution is -2.54. The van der Waals surface area contributed by atoms with E-state index in [1.165, 1.54) is 0 Å². The SMILES string of the molecule is Cc1cc(C(=O)NC2(CC(=O)O)CCC2)c2cnn(C(C)C)c2n1. The number of carboxylic acids is 1. The zero-order chi connectivity index (χ0) is 17.5. The normalized spacial score (nSPS) is 16.2. The summed E-state index contributed by atoms with van der Waals surface area (Å²) >= 11 is 0. The smallest absolute Gasteiger partial charge is 0.305 e. The lowest BCUT2D eigenvalue weighted by molar-refractivity contribution is -0.139. The van der Waals surface area contributed by atoms with Crippen LogP contribution in [0.2, 0.25) is 0 Å². The van der Waals surface area contributed by atoms with E-state index in [1.807, 2.05) is 20.8 Å². The lowest BCUT2D eigenvalue weighted by atomic mass is 9.74. The Morgan fingerprint density at radius 3 is 2.67 bits per heavy atom. The van der Waals surface area contributed by atoms with Crippen LogP contribution in [0.3, 0.4) is 0 Å². The maximum Gasteiger partial charge on any atom is 0.305 e. The van der Waals surface area contributed by atoms with Crippen molar-refractivity contribution >= 4 is 22.9 Å². The number of aromatic nitrogens is 3. The molecule has 2 heterocycles. The summed E-state index contributed by atoms with van der Waals surface area (Å²) in [7, 11) is 0. The highest BCUT2D eigenvalue weighted by Crippen LogP contribution is 2.35. The number of amides is 1. The number of carboxylic acid groups (broad SMARTS) is 1. The Balaban J connectivity index is 1.96. The molecule has 2 aromatic rings. The molecule has 3 rings (SSSR count). The van der Waals surface area contributed by atoms with Gasteiger partial charge >= 0.3 is 5.97 Å². The average Bonchev–Trinajstić information content (AvgIpc) is 2.87. The molecule has 0 radical (unpaired) electrons. The molecule has 7 nitrogen and oxygen atoms in total. The Hall–Kier alpha value is -2.44. The first-order valence-corrected chi connectivity index (χ1v) is 8.20. The fraction of sp³-hybridized carbons (Fsp3) is 0.529. The van der Waals surface area contributed by atoms with Gasteiger partial charge in [0.15, 0.2) is 5.65 Å². The number of hydrogen-bond acceptors (Lipinski definition) is 4. The van der Waals surface area contributed by atoms with Crippen molar-refractivity contribution in [2.24, 2.45) is 0 Å². The number of carbonyl (C=O) groups excluding carboxylic acids is 1. The average molecular weight is 330 g/mol. The van der Waals surface area contributed by atoms with Gasteiger partial charge in [-0.2, -0.15) is 5.10 Å². The van der Waals surface area contributed by atoms with E-state index in [-0.39, 0.29) is 18.4 Å². The van der Waals surface area contributed by atoms with Crippen LogP contribution in [0.25, 0.3) is 11.0 Å². The molecule has 0 aliphatic heterocycles. The fourth-order valence-electron chi connectivity index (χ4n) is 3.26. The summed E-state index contributed by atoms with van der Waals surface area (Å²) in [4.78, 5) is 28.4. The third-order valence-electron chi connectivity index (χ3n) is 4.61. The van der Waals surface area contributed by atoms with Crippen LogP contribution in [0.4, 0.5) is 0 Å². The van der Waals surface area contributed by atoms with Crippen LogP contribution in [0.5, 0.6) is 0 Å². The van der Waals surface area contributed by atoms with E-state index in [0.717, 1.165) is 12.1 Å². The maximum atomic E-state index is 12.8. The Labute approximate surface area is 140 Å². The molecule has 24 heavy (non-hydrogen) atoms. The zero-order valence-electron chi connectivity index (χ0n) is 14.2. The second kappa shape index (κ2) is 5.89. The summed E-state index contributed by atoms with van der Waals surface area (Å²) in [5.41, 5.74) is 1.29. The number of nitrogens with one attached hydrogen (secondary N) is 1. The van der Waals surface area contributed by atoms with Crippen LogP contribution in [0, 0.1) is 6.92 Å². The quantitative estimate of drug-likeness (QED) is 0.877. The Morgan fingerprint density at radius 2 is 2.12 bits per heavy atom. The molecule has 7 heteroatoms. The molecule has 0 aromatic carbocycles. The number of aryl methyl sites for hydroxylation is 1. The van der Waals surface area contributed by atoms with Gasteiger partial charge in [0.25, 0.3) is 5.91 Å². The molecule has 128 valence electrons. The first-order chi connectivity index (χ1) is 11.3. The van der Waals surface area contributed by atoms with Crippen molar-refractivity contribution in [2.75, 3.05) is 0 Å². The van der Waals surface area contributed by atoms with E-state index in [0.29, 0.717) is 29.4 Å². The second-order valence-corrected chi connectivity index (χ2v) is 6.89. The molecule has 1 aliphatic rings. The van der Waals surface area contributed by atoms with Crippen LogP contribution in [-0.4, -0.2) is 37.3 Å². The third-order valence-corrected chi connectivity index (χ3v) is 4.61. The number of fused-ring (bicyclic) bond motifs is 1. The second-order valence-electron chi connectivity index (χ2n) is 6.89. The van der Waals surface area contributed by atoms with Gasteiger partial charge in [-0.15, -0.1) is 0 Å². The molecule has 2 aromatic heterocycles. The van der Waals surface area contributed by atoms with Crippen LogP contribution in [0.1, 0.15) is 61.6 Å². The van der Waals surface area contributed by atoms with Crippen molar-refractivity contribution in [3.05, 3.63) is 23.5 Å². The molecular weight excluding hydrogens is 308 g/mol. The van der Waals surface area contributed by atoms with Crippen molar-refractivity contribution in [3.63, 3.8) is 0 Å². The highest BCUT2D eigenvalue weighted by molar-refractivity contribution is 6.06. The summed E-state index contributed by atoms with van der Waals surface area (Å²) in [6, 6.07) is 1.87. The molecule has 0 atom stereocenters. The standard InChI is InChI=1S/C17H22N4O3/c1-10(2)21-15-13(9-18-21)12(7-11(3)19-15)16(24)20-17(5-4-6-17)8-14(22)23/h7,9-10H,4-6,8H2,1-3H3,(H,20,24)(H,22,23). The highest BCUT2D eigenvalue weighted by atomic mass is 16.4. The van der Waals surface area contributed by atoms with Gasteiger partial charge in [-0.1, -0.05) is 0 Å². The fourth-order valence-corrected chi connectivity index (χ4v) is 3.26. The maximum absolute atomic E-state index is 12.8. The summed E-state index contributed by atoms with van der Waals surface area (Å²) in [5, 5.41) is 17.1. The molecule has 0 bridgehead atoms. The van der Waals surface area contributed by atoms with Gasteiger partial charge in [-0.05, 0) is 46.1 Å². The minimum absolute atomic E-state index is 0.0444. The largest absolute Gasteiger partial charge is 0.481 e. The molecule has 0 unspecified atom stereocenters. The molecular formula is C17H22N4O3. The molecule has 1 fully saturated rings. The first-order valence-electron chi connectivity index (χ1n) is 8.20. The monoisotopic (exact) mass is 330 g/mol. The van der Waals surface area contributed by atoms with Crippen LogP contribution in [0.15, 0.2) is 12.3 Å². The van der Waals surface area contributed by atoms with Gasteiger partial charge < -0.3 is 10.4 Å². The van der Waals surface area contributed by atoms with E-state index in [2.05, 4.69) is 15.4 Å². The summed E-state index contributed by atoms with van der Waals surface area (Å²) < 4.78 is 1.79. The summed E-state index contributed by atoms with van der Waals surface area (Å²) in [5.74, 6) is -1.14. The minimum atomic E-state index is -0.890. The van der Waals surface area contributed by atoms with Crippen molar-refractivity contribution in [3.8, 4) is 0 Å². The van der Waals surface area contributed by atoms with Crippen molar-refractivity contribution in [2.45, 2.75) is 58.0 Å². The van der Waals surface area contributed by atoms with Crippen molar-refractivity contribution < 1.29 is 14.7 Å². The number of rotatable bonds is 5. The number of carbonyl (C=O) groups is 2. The third kappa shape index (κ3) is 2.86. The van der Waals surface area contributed by atoms with Crippen LogP contribution in [-0.2, 0) is 4.79 Å². The molecule has 1 saturated carbocycles. The van der Waals surface area contributed by atoms with E-state index in [1.54, 1.807) is 16.9 Å². The minimum Gasteiger partial charge on any atom is -0.481 e. The Bertz CT molecular complexity index is 806. The van der Waals surface area contributed by atoms with Crippen LogP contribution < -0.4 is 5.32 Å². The predicted octanol–water partition coefficient (Wildman–Crippen LogP) is 2.45. The van der Waals surface area contributed by atoms with Gasteiger partial charge in [0.1, 0.15) is 0 Å². The van der Waals surface area contributed by atoms with Gasteiger partial charge in [-0.3, -0.25) is 9.59 Å². The Morgan fingerprint density at radius 1 is 1.42 bits per heavy atom. The number of hydrogen-bond donors (Lipinski definition) is 2. The molecule has 0 spiro atoms. The van der Waals surface area contributed by atoms with Crippen molar-refractivity contribution in [1.82, 2.24) is 20.1 Å². The summed E-state index contributed by atoms with van der Waals surface area (Å²) in [6.07, 6.45) is 3.94. The Kier molecular flexibility index (Phi) is 4.03. The number of pyridine rings is 1. The van der Waals surface area contributed by atoms with Gasteiger partial charge in [0.05, 0.1) is 29.1 Å². The van der Waals surface area contributed by atoms with Gasteiger partial charge in [0, 0.05) is 11.7 Å². The molecule has 2 N–H and O–H groups in total. The topological polar surface area (TPSA) is 97.1 Å². The van der Waals surface area contributed by atoms with Gasteiger partial charge in [0.2, 0.25) is 0 Å².